The zero-order valence-corrected chi connectivity index (χ0v) is 10.7. The number of nitrogens with two attached hydrogens (primary N) is 1. The van der Waals surface area contributed by atoms with Crippen LogP contribution in [0, 0.1) is 13.8 Å². The van der Waals surface area contributed by atoms with Crippen molar-refractivity contribution in [2.45, 2.75) is 26.8 Å². The summed E-state index contributed by atoms with van der Waals surface area (Å²) in [5, 5.41) is 5.88. The molecule has 17 heavy (non-hydrogen) atoms. The molecule has 1 unspecified atom stereocenters. The molecule has 0 aromatic heterocycles. The van der Waals surface area contributed by atoms with Crippen molar-refractivity contribution in [1.29, 1.82) is 0 Å². The first-order valence-corrected chi connectivity index (χ1v) is 5.84. The van der Waals surface area contributed by atoms with Crippen LogP contribution in [0.3, 0.4) is 0 Å². The molecule has 4 N–H and O–H groups in total. The highest BCUT2D eigenvalue weighted by molar-refractivity contribution is 5.71. The molecule has 0 fully saturated rings. The first kappa shape index (κ1) is 13.5. The van der Waals surface area contributed by atoms with E-state index in [4.69, 9.17) is 5.73 Å². The van der Waals surface area contributed by atoms with Crippen LogP contribution in [0.1, 0.15) is 29.7 Å². The molecule has 0 saturated heterocycles. The Balaban J connectivity index is 2.44. The summed E-state index contributed by atoms with van der Waals surface area (Å²) in [7, 11) is 0. The molecule has 2 amide bonds. The van der Waals surface area contributed by atoms with Crippen molar-refractivity contribution in [2.24, 2.45) is 5.73 Å². The van der Waals surface area contributed by atoms with Gasteiger partial charge in [0.05, 0.1) is 0 Å². The molecular weight excluding hydrogens is 214 g/mol. The fourth-order valence-corrected chi connectivity index (χ4v) is 1.63. The molecule has 0 aliphatic rings. The SMILES string of the molecule is Cc1ccc(C(C)NCCNC(N)=O)cc1C. The molecule has 1 atom stereocenters. The zero-order chi connectivity index (χ0) is 12.8. The van der Waals surface area contributed by atoms with E-state index in [0.29, 0.717) is 13.1 Å². The second-order valence-electron chi connectivity index (χ2n) is 4.31. The number of benzene rings is 1. The minimum atomic E-state index is -0.481. The van der Waals surface area contributed by atoms with Crippen LogP contribution in [0.4, 0.5) is 4.79 Å². The Morgan fingerprint density at radius 2 is 2.00 bits per heavy atom. The van der Waals surface area contributed by atoms with Crippen molar-refractivity contribution >= 4 is 6.03 Å². The van der Waals surface area contributed by atoms with Gasteiger partial charge < -0.3 is 16.4 Å². The van der Waals surface area contributed by atoms with Crippen LogP contribution in [0.2, 0.25) is 0 Å². The zero-order valence-electron chi connectivity index (χ0n) is 10.7. The molecule has 0 aliphatic carbocycles. The largest absolute Gasteiger partial charge is 0.352 e. The summed E-state index contributed by atoms with van der Waals surface area (Å²) in [6.45, 7) is 7.57. The maximum atomic E-state index is 10.5. The second-order valence-corrected chi connectivity index (χ2v) is 4.31. The van der Waals surface area contributed by atoms with Gasteiger partial charge in [0, 0.05) is 19.1 Å². The maximum absolute atomic E-state index is 10.5. The van der Waals surface area contributed by atoms with Crippen LogP contribution >= 0.6 is 0 Å². The van der Waals surface area contributed by atoms with Gasteiger partial charge in [0.2, 0.25) is 0 Å². The average molecular weight is 235 g/mol. The van der Waals surface area contributed by atoms with Gasteiger partial charge >= 0.3 is 6.03 Å². The standard InChI is InChI=1S/C13H21N3O/c1-9-4-5-12(8-10(9)2)11(3)15-6-7-16-13(14)17/h4-5,8,11,15H,6-7H2,1-3H3,(H3,14,16,17). The molecule has 1 aromatic rings. The van der Waals surface area contributed by atoms with E-state index in [1.165, 1.54) is 16.7 Å². The minimum Gasteiger partial charge on any atom is -0.352 e. The van der Waals surface area contributed by atoms with Gasteiger partial charge in [0.1, 0.15) is 0 Å². The van der Waals surface area contributed by atoms with Gasteiger partial charge in [0.15, 0.2) is 0 Å². The summed E-state index contributed by atoms with van der Waals surface area (Å²) in [6, 6.07) is 6.23. The third-order valence-corrected chi connectivity index (χ3v) is 2.91. The smallest absolute Gasteiger partial charge is 0.312 e. The lowest BCUT2D eigenvalue weighted by Gasteiger charge is -2.15. The Hall–Kier alpha value is -1.55. The highest BCUT2D eigenvalue weighted by atomic mass is 16.2. The molecule has 0 radical (unpaired) electrons. The van der Waals surface area contributed by atoms with Crippen molar-refractivity contribution in [2.75, 3.05) is 13.1 Å². The number of hydrogen-bond donors (Lipinski definition) is 3. The van der Waals surface area contributed by atoms with Crippen molar-refractivity contribution in [3.63, 3.8) is 0 Å². The number of rotatable bonds is 5. The van der Waals surface area contributed by atoms with Crippen molar-refractivity contribution in [3.8, 4) is 0 Å². The number of amides is 2. The summed E-state index contributed by atoms with van der Waals surface area (Å²) >= 11 is 0. The third-order valence-electron chi connectivity index (χ3n) is 2.91. The molecule has 94 valence electrons. The van der Waals surface area contributed by atoms with E-state index < -0.39 is 6.03 Å². The first-order valence-electron chi connectivity index (χ1n) is 5.84. The number of primary amides is 1. The Bertz CT molecular complexity index is 390. The quantitative estimate of drug-likeness (QED) is 0.679. The summed E-state index contributed by atoms with van der Waals surface area (Å²) in [5.74, 6) is 0. The molecule has 1 rings (SSSR count). The van der Waals surface area contributed by atoms with Gasteiger partial charge in [-0.3, -0.25) is 0 Å². The van der Waals surface area contributed by atoms with Crippen molar-refractivity contribution < 1.29 is 4.79 Å². The number of carbonyl (C=O) groups excluding carboxylic acids is 1. The van der Waals surface area contributed by atoms with E-state index in [-0.39, 0.29) is 6.04 Å². The molecule has 0 heterocycles. The van der Waals surface area contributed by atoms with E-state index in [1.807, 2.05) is 0 Å². The molecule has 4 heteroatoms. The lowest BCUT2D eigenvalue weighted by Crippen LogP contribution is -2.36. The predicted octanol–water partition coefficient (Wildman–Crippen LogP) is 1.62. The van der Waals surface area contributed by atoms with E-state index in [9.17, 15) is 4.79 Å². The van der Waals surface area contributed by atoms with Crippen molar-refractivity contribution in [1.82, 2.24) is 10.6 Å². The normalized spacial score (nSPS) is 12.2. The van der Waals surface area contributed by atoms with Gasteiger partial charge in [-0.1, -0.05) is 18.2 Å². The molecule has 1 aromatic carbocycles. The molecular formula is C13H21N3O. The van der Waals surface area contributed by atoms with Gasteiger partial charge in [-0.2, -0.15) is 0 Å². The van der Waals surface area contributed by atoms with Crippen LogP contribution in [0.25, 0.3) is 0 Å². The lowest BCUT2D eigenvalue weighted by molar-refractivity contribution is 0.249. The van der Waals surface area contributed by atoms with E-state index >= 15 is 0 Å². The summed E-state index contributed by atoms with van der Waals surface area (Å²) in [6.07, 6.45) is 0. The topological polar surface area (TPSA) is 67.2 Å². The van der Waals surface area contributed by atoms with Gasteiger partial charge in [0.25, 0.3) is 0 Å². The van der Waals surface area contributed by atoms with Crippen LogP contribution in [0.15, 0.2) is 18.2 Å². The van der Waals surface area contributed by atoms with E-state index in [2.05, 4.69) is 49.6 Å². The molecule has 0 aliphatic heterocycles. The van der Waals surface area contributed by atoms with E-state index in [1.54, 1.807) is 0 Å². The summed E-state index contributed by atoms with van der Waals surface area (Å²) in [5.41, 5.74) is 8.84. The second kappa shape index (κ2) is 6.25. The average Bonchev–Trinajstić information content (AvgIpc) is 2.27. The highest BCUT2D eigenvalue weighted by Crippen LogP contribution is 2.16. The molecule has 4 nitrogen and oxygen atoms in total. The number of aryl methyl sites for hydroxylation is 2. The molecule has 0 spiro atoms. The van der Waals surface area contributed by atoms with Crippen LogP contribution < -0.4 is 16.4 Å². The lowest BCUT2D eigenvalue weighted by atomic mass is 10.0. The van der Waals surface area contributed by atoms with Gasteiger partial charge in [-0.25, -0.2) is 4.79 Å². The summed E-state index contributed by atoms with van der Waals surface area (Å²) in [4.78, 5) is 10.5. The number of carbonyl (C=O) groups is 1. The Labute approximate surface area is 103 Å². The monoisotopic (exact) mass is 235 g/mol. The highest BCUT2D eigenvalue weighted by Gasteiger charge is 2.05. The van der Waals surface area contributed by atoms with Gasteiger partial charge in [-0.15, -0.1) is 0 Å². The fraction of sp³-hybridized carbons (Fsp3) is 0.462. The van der Waals surface area contributed by atoms with Crippen LogP contribution in [-0.2, 0) is 0 Å². The number of urea groups is 1. The predicted molar refractivity (Wildman–Crippen MR) is 69.9 cm³/mol. The van der Waals surface area contributed by atoms with Crippen LogP contribution in [0.5, 0.6) is 0 Å². The summed E-state index contributed by atoms with van der Waals surface area (Å²) < 4.78 is 0. The number of nitrogens with one attached hydrogen (secondary N) is 2. The van der Waals surface area contributed by atoms with Crippen molar-refractivity contribution in [3.05, 3.63) is 34.9 Å². The third kappa shape index (κ3) is 4.44. The molecule has 0 saturated carbocycles. The maximum Gasteiger partial charge on any atom is 0.312 e. The van der Waals surface area contributed by atoms with Gasteiger partial charge in [-0.05, 0) is 37.5 Å². The Kier molecular flexibility index (Phi) is 4.97. The Morgan fingerprint density at radius 1 is 1.29 bits per heavy atom. The fourth-order valence-electron chi connectivity index (χ4n) is 1.63. The molecule has 0 bridgehead atoms. The van der Waals surface area contributed by atoms with Crippen LogP contribution in [-0.4, -0.2) is 19.1 Å². The minimum absolute atomic E-state index is 0.268. The first-order chi connectivity index (χ1) is 8.00. The Morgan fingerprint density at radius 3 is 2.59 bits per heavy atom. The van der Waals surface area contributed by atoms with E-state index in [0.717, 1.165) is 0 Å². The number of hydrogen-bond acceptors (Lipinski definition) is 2.